The number of carbonyl (C=O) groups excluding carboxylic acids is 2. The highest BCUT2D eigenvalue weighted by Gasteiger charge is 2.32. The number of methoxy groups -OCH3 is 1. The number of carbonyl (C=O) groups is 2. The summed E-state index contributed by atoms with van der Waals surface area (Å²) in [6.45, 7) is 6.39. The lowest BCUT2D eigenvalue weighted by atomic mass is 10.00. The van der Waals surface area contributed by atoms with Crippen LogP contribution in [0.25, 0.3) is 0 Å². The van der Waals surface area contributed by atoms with Gasteiger partial charge in [0.2, 0.25) is 11.8 Å². The molecule has 202 valence electrons. The van der Waals surface area contributed by atoms with E-state index in [1.807, 2.05) is 93.6 Å². The molecular weight excluding hydrogens is 500 g/mol. The van der Waals surface area contributed by atoms with Crippen LogP contribution in [0.1, 0.15) is 44.7 Å². The van der Waals surface area contributed by atoms with E-state index in [-0.39, 0.29) is 24.8 Å². The van der Waals surface area contributed by atoms with Crippen LogP contribution in [0, 0.1) is 0 Å². The van der Waals surface area contributed by atoms with E-state index in [2.05, 4.69) is 5.32 Å². The molecule has 3 rings (SSSR count). The van der Waals surface area contributed by atoms with Crippen molar-refractivity contribution >= 4 is 23.4 Å². The molecule has 0 heterocycles. The summed E-state index contributed by atoms with van der Waals surface area (Å²) in [5.74, 6) is 1.13. The maximum Gasteiger partial charge on any atom is 0.243 e. The zero-order valence-electron chi connectivity index (χ0n) is 22.6. The Balaban J connectivity index is 1.80. The average molecular weight is 537 g/mol. The van der Waals surface area contributed by atoms with Gasteiger partial charge in [0.15, 0.2) is 0 Å². The number of benzene rings is 3. The normalized spacial score (nSPS) is 11.9. The highest BCUT2D eigenvalue weighted by molar-refractivity contribution is 6.31. The summed E-state index contributed by atoms with van der Waals surface area (Å²) >= 11 is 6.47. The maximum absolute atomic E-state index is 13.7. The van der Waals surface area contributed by atoms with Crippen LogP contribution in [0.3, 0.4) is 0 Å². The van der Waals surface area contributed by atoms with Gasteiger partial charge in [0.1, 0.15) is 17.5 Å². The van der Waals surface area contributed by atoms with Crippen LogP contribution < -0.4 is 14.8 Å². The van der Waals surface area contributed by atoms with Gasteiger partial charge in [-0.15, -0.1) is 0 Å². The molecule has 0 saturated carbocycles. The van der Waals surface area contributed by atoms with E-state index in [0.717, 1.165) is 16.9 Å². The second-order valence-electron chi connectivity index (χ2n) is 10.2. The van der Waals surface area contributed by atoms with Gasteiger partial charge in [-0.25, -0.2) is 0 Å². The number of hydrogen-bond acceptors (Lipinski definition) is 4. The molecule has 6 nitrogen and oxygen atoms in total. The van der Waals surface area contributed by atoms with Gasteiger partial charge in [-0.2, -0.15) is 0 Å². The lowest BCUT2D eigenvalue weighted by molar-refractivity contribution is -0.142. The van der Waals surface area contributed by atoms with Crippen LogP contribution in [-0.2, 0) is 22.6 Å². The fourth-order valence-electron chi connectivity index (χ4n) is 4.05. The summed E-state index contributed by atoms with van der Waals surface area (Å²) in [5, 5.41) is 3.63. The molecule has 0 fully saturated rings. The third kappa shape index (κ3) is 9.10. The molecule has 0 saturated heterocycles. The molecule has 0 aliphatic heterocycles. The third-order valence-electron chi connectivity index (χ3n) is 5.93. The second-order valence-corrected chi connectivity index (χ2v) is 10.6. The van der Waals surface area contributed by atoms with Crippen LogP contribution in [-0.4, -0.2) is 42.0 Å². The van der Waals surface area contributed by atoms with Crippen molar-refractivity contribution in [3.05, 3.63) is 95.0 Å². The SMILES string of the molecule is COc1ccc(OCCCC(=O)N(Cc2ccccc2Cl)[C@@H](Cc2ccccc2)C(=O)NC(C)(C)C)cc1. The van der Waals surface area contributed by atoms with Gasteiger partial charge in [0.05, 0.1) is 13.7 Å². The smallest absolute Gasteiger partial charge is 0.243 e. The topological polar surface area (TPSA) is 67.9 Å². The van der Waals surface area contributed by atoms with Crippen molar-refractivity contribution in [1.82, 2.24) is 10.2 Å². The molecule has 3 aromatic rings. The van der Waals surface area contributed by atoms with E-state index in [1.165, 1.54) is 0 Å². The number of amides is 2. The molecule has 1 N–H and O–H groups in total. The largest absolute Gasteiger partial charge is 0.497 e. The predicted molar refractivity (Wildman–Crippen MR) is 152 cm³/mol. The molecule has 0 aliphatic rings. The minimum absolute atomic E-state index is 0.131. The Kier molecular flexibility index (Phi) is 10.6. The van der Waals surface area contributed by atoms with Gasteiger partial charge in [-0.1, -0.05) is 60.1 Å². The molecule has 3 aromatic carbocycles. The molecule has 7 heteroatoms. The molecule has 0 aliphatic carbocycles. The van der Waals surface area contributed by atoms with E-state index in [1.54, 1.807) is 18.1 Å². The van der Waals surface area contributed by atoms with Crippen molar-refractivity contribution in [2.24, 2.45) is 0 Å². The maximum atomic E-state index is 13.7. The summed E-state index contributed by atoms with van der Waals surface area (Å²) in [4.78, 5) is 28.9. The van der Waals surface area contributed by atoms with Gasteiger partial charge in [0.25, 0.3) is 0 Å². The van der Waals surface area contributed by atoms with Crippen molar-refractivity contribution in [2.75, 3.05) is 13.7 Å². The third-order valence-corrected chi connectivity index (χ3v) is 6.30. The quantitative estimate of drug-likeness (QED) is 0.286. The Morgan fingerprint density at radius 2 is 1.55 bits per heavy atom. The summed E-state index contributed by atoms with van der Waals surface area (Å²) in [5.41, 5.74) is 1.32. The fourth-order valence-corrected chi connectivity index (χ4v) is 4.24. The predicted octanol–water partition coefficient (Wildman–Crippen LogP) is 6.06. The van der Waals surface area contributed by atoms with Crippen LogP contribution in [0.4, 0.5) is 0 Å². The van der Waals surface area contributed by atoms with Gasteiger partial charge in [-0.05, 0) is 68.7 Å². The Labute approximate surface area is 230 Å². The van der Waals surface area contributed by atoms with Crippen molar-refractivity contribution in [3.8, 4) is 11.5 Å². The van der Waals surface area contributed by atoms with E-state index in [4.69, 9.17) is 21.1 Å². The Morgan fingerprint density at radius 1 is 0.921 bits per heavy atom. The van der Waals surface area contributed by atoms with E-state index >= 15 is 0 Å². The average Bonchev–Trinajstić information content (AvgIpc) is 2.89. The van der Waals surface area contributed by atoms with E-state index < -0.39 is 11.6 Å². The molecule has 38 heavy (non-hydrogen) atoms. The monoisotopic (exact) mass is 536 g/mol. The Morgan fingerprint density at radius 3 is 2.18 bits per heavy atom. The molecule has 0 bridgehead atoms. The first-order valence-electron chi connectivity index (χ1n) is 12.8. The van der Waals surface area contributed by atoms with Crippen molar-refractivity contribution in [1.29, 1.82) is 0 Å². The molecule has 0 spiro atoms. The summed E-state index contributed by atoms with van der Waals surface area (Å²) in [6, 6.07) is 23.8. The van der Waals surface area contributed by atoms with Crippen LogP contribution in [0.5, 0.6) is 11.5 Å². The first-order valence-corrected chi connectivity index (χ1v) is 13.2. The Hall–Kier alpha value is -3.51. The molecule has 0 radical (unpaired) electrons. The molecule has 1 atom stereocenters. The van der Waals surface area contributed by atoms with Gasteiger partial charge < -0.3 is 19.7 Å². The number of nitrogens with one attached hydrogen (secondary N) is 1. The van der Waals surface area contributed by atoms with Crippen molar-refractivity contribution in [2.45, 2.75) is 58.2 Å². The van der Waals surface area contributed by atoms with E-state index in [0.29, 0.717) is 30.2 Å². The Bertz CT molecular complexity index is 1180. The molecular formula is C31H37ClN2O4. The van der Waals surface area contributed by atoms with Gasteiger partial charge in [-0.3, -0.25) is 9.59 Å². The number of halogens is 1. The van der Waals surface area contributed by atoms with Gasteiger partial charge >= 0.3 is 0 Å². The zero-order chi connectivity index (χ0) is 27.5. The summed E-state index contributed by atoms with van der Waals surface area (Å²) in [6.07, 6.45) is 1.12. The summed E-state index contributed by atoms with van der Waals surface area (Å²) in [7, 11) is 1.61. The highest BCUT2D eigenvalue weighted by atomic mass is 35.5. The second kappa shape index (κ2) is 13.9. The van der Waals surface area contributed by atoms with Crippen LogP contribution >= 0.6 is 11.6 Å². The van der Waals surface area contributed by atoms with E-state index in [9.17, 15) is 9.59 Å². The molecule has 0 unspecified atom stereocenters. The number of rotatable bonds is 12. The van der Waals surface area contributed by atoms with Crippen LogP contribution in [0.2, 0.25) is 5.02 Å². The fraction of sp³-hybridized carbons (Fsp3) is 0.355. The first-order chi connectivity index (χ1) is 18.2. The first kappa shape index (κ1) is 29.1. The minimum Gasteiger partial charge on any atom is -0.497 e. The van der Waals surface area contributed by atoms with Gasteiger partial charge in [0, 0.05) is 29.9 Å². The highest BCUT2D eigenvalue weighted by Crippen LogP contribution is 2.22. The lowest BCUT2D eigenvalue weighted by Crippen LogP contribution is -2.54. The lowest BCUT2D eigenvalue weighted by Gasteiger charge is -2.34. The molecule has 2 amide bonds. The summed E-state index contributed by atoms with van der Waals surface area (Å²) < 4.78 is 11.0. The standard InChI is InChI=1S/C31H37ClN2O4/c1-31(2,3)33-30(36)28(21-23-11-6-5-7-12-23)34(22-24-13-8-9-14-27(24)32)29(35)15-10-20-38-26-18-16-25(37-4)17-19-26/h5-9,11-14,16-19,28H,10,15,20-22H2,1-4H3,(H,33,36)/t28-/m0/s1. The minimum atomic E-state index is -0.706. The van der Waals surface area contributed by atoms with Crippen molar-refractivity contribution in [3.63, 3.8) is 0 Å². The van der Waals surface area contributed by atoms with Crippen molar-refractivity contribution < 1.29 is 19.1 Å². The number of ether oxygens (including phenoxy) is 2. The molecule has 0 aromatic heterocycles. The van der Waals surface area contributed by atoms with Crippen LogP contribution in [0.15, 0.2) is 78.9 Å². The zero-order valence-corrected chi connectivity index (χ0v) is 23.3. The number of nitrogens with zero attached hydrogens (tertiary/aromatic N) is 1. The number of hydrogen-bond donors (Lipinski definition) is 1.